The standard InChI is InChI=1S/C13H28N2O2S/c1-12(2,3)18(16,17)10-9-15(4)13(11-14)7-5-6-8-13/h5-11,14H2,1-4H3. The Bertz CT molecular complexity index is 365. The highest BCUT2D eigenvalue weighted by Gasteiger charge is 2.37. The minimum atomic E-state index is -3.04. The van der Waals surface area contributed by atoms with Gasteiger partial charge < -0.3 is 5.73 Å². The molecule has 2 N–H and O–H groups in total. The summed E-state index contributed by atoms with van der Waals surface area (Å²) in [5.41, 5.74) is 5.94. The zero-order valence-electron chi connectivity index (χ0n) is 12.2. The van der Waals surface area contributed by atoms with Crippen molar-refractivity contribution in [2.24, 2.45) is 5.73 Å². The van der Waals surface area contributed by atoms with Crippen LogP contribution in [0.25, 0.3) is 0 Å². The Balaban J connectivity index is 2.64. The van der Waals surface area contributed by atoms with E-state index in [1.165, 1.54) is 12.8 Å². The Morgan fingerprint density at radius 2 is 1.72 bits per heavy atom. The largest absolute Gasteiger partial charge is 0.329 e. The fourth-order valence-electron chi connectivity index (χ4n) is 2.58. The quantitative estimate of drug-likeness (QED) is 0.824. The smallest absolute Gasteiger partial charge is 0.156 e. The lowest BCUT2D eigenvalue weighted by Gasteiger charge is -2.38. The van der Waals surface area contributed by atoms with E-state index in [0.29, 0.717) is 13.1 Å². The maximum atomic E-state index is 12.1. The summed E-state index contributed by atoms with van der Waals surface area (Å²) in [6.07, 6.45) is 4.59. The third kappa shape index (κ3) is 3.25. The molecule has 0 aromatic carbocycles. The van der Waals surface area contributed by atoms with Crippen LogP contribution in [0.4, 0.5) is 0 Å². The van der Waals surface area contributed by atoms with Gasteiger partial charge in [0.15, 0.2) is 9.84 Å². The second-order valence-electron chi connectivity index (χ2n) is 6.49. The highest BCUT2D eigenvalue weighted by Crippen LogP contribution is 2.33. The van der Waals surface area contributed by atoms with E-state index in [1.54, 1.807) is 20.8 Å². The van der Waals surface area contributed by atoms with Crippen molar-refractivity contribution in [1.82, 2.24) is 4.90 Å². The molecule has 0 aliphatic heterocycles. The molecule has 18 heavy (non-hydrogen) atoms. The Morgan fingerprint density at radius 3 is 2.11 bits per heavy atom. The molecule has 1 fully saturated rings. The van der Waals surface area contributed by atoms with Crippen molar-refractivity contribution in [2.45, 2.75) is 56.7 Å². The van der Waals surface area contributed by atoms with Crippen molar-refractivity contribution in [3.05, 3.63) is 0 Å². The van der Waals surface area contributed by atoms with Gasteiger partial charge in [-0.2, -0.15) is 0 Å². The lowest BCUT2D eigenvalue weighted by atomic mass is 9.96. The van der Waals surface area contributed by atoms with Crippen LogP contribution >= 0.6 is 0 Å². The zero-order chi connectivity index (χ0) is 14.0. The van der Waals surface area contributed by atoms with Crippen LogP contribution < -0.4 is 5.73 Å². The predicted octanol–water partition coefficient (Wildman–Crippen LogP) is 1.40. The first-order valence-electron chi connectivity index (χ1n) is 6.78. The fourth-order valence-corrected chi connectivity index (χ4v) is 3.70. The van der Waals surface area contributed by atoms with Gasteiger partial charge in [0.1, 0.15) is 0 Å². The van der Waals surface area contributed by atoms with Gasteiger partial charge in [-0.15, -0.1) is 0 Å². The molecule has 0 aromatic rings. The van der Waals surface area contributed by atoms with Gasteiger partial charge >= 0.3 is 0 Å². The Hall–Kier alpha value is -0.130. The molecular formula is C13H28N2O2S. The van der Waals surface area contributed by atoms with Crippen LogP contribution in [0.1, 0.15) is 46.5 Å². The lowest BCUT2D eigenvalue weighted by molar-refractivity contribution is 0.140. The van der Waals surface area contributed by atoms with Gasteiger partial charge in [0.2, 0.25) is 0 Å². The summed E-state index contributed by atoms with van der Waals surface area (Å²) in [5.74, 6) is 0.217. The average Bonchev–Trinajstić information content (AvgIpc) is 2.74. The zero-order valence-corrected chi connectivity index (χ0v) is 13.0. The van der Waals surface area contributed by atoms with E-state index >= 15 is 0 Å². The van der Waals surface area contributed by atoms with E-state index in [9.17, 15) is 8.42 Å². The molecule has 0 spiro atoms. The molecule has 1 rings (SSSR count). The maximum absolute atomic E-state index is 12.1. The van der Waals surface area contributed by atoms with Gasteiger partial charge in [-0.3, -0.25) is 4.90 Å². The summed E-state index contributed by atoms with van der Waals surface area (Å²) in [5, 5.41) is 0. The van der Waals surface area contributed by atoms with E-state index in [2.05, 4.69) is 4.90 Å². The third-order valence-electron chi connectivity index (χ3n) is 4.35. The number of rotatable bonds is 5. The van der Waals surface area contributed by atoms with Gasteiger partial charge in [0, 0.05) is 18.6 Å². The highest BCUT2D eigenvalue weighted by atomic mass is 32.2. The van der Waals surface area contributed by atoms with Crippen molar-refractivity contribution < 1.29 is 8.42 Å². The molecule has 1 saturated carbocycles. The van der Waals surface area contributed by atoms with E-state index in [1.807, 2.05) is 7.05 Å². The molecule has 0 atom stereocenters. The van der Waals surface area contributed by atoms with Crippen LogP contribution in [0.3, 0.4) is 0 Å². The van der Waals surface area contributed by atoms with Gasteiger partial charge in [0.05, 0.1) is 10.5 Å². The number of hydrogen-bond acceptors (Lipinski definition) is 4. The SMILES string of the molecule is CN(CCS(=O)(=O)C(C)(C)C)C1(CN)CCCC1. The van der Waals surface area contributed by atoms with Crippen molar-refractivity contribution in [1.29, 1.82) is 0 Å². The van der Waals surface area contributed by atoms with Crippen LogP contribution in [-0.4, -0.2) is 49.5 Å². The Labute approximate surface area is 112 Å². The van der Waals surface area contributed by atoms with E-state index in [0.717, 1.165) is 12.8 Å². The van der Waals surface area contributed by atoms with E-state index < -0.39 is 14.6 Å². The normalized spacial score (nSPS) is 20.6. The van der Waals surface area contributed by atoms with Gasteiger partial charge in [0.25, 0.3) is 0 Å². The van der Waals surface area contributed by atoms with Crippen LogP contribution in [0.2, 0.25) is 0 Å². The molecule has 108 valence electrons. The van der Waals surface area contributed by atoms with Gasteiger partial charge in [-0.05, 0) is 40.7 Å². The molecule has 1 aliphatic rings. The van der Waals surface area contributed by atoms with Crippen LogP contribution in [0.5, 0.6) is 0 Å². The topological polar surface area (TPSA) is 63.4 Å². The lowest BCUT2D eigenvalue weighted by Crippen LogP contribution is -2.51. The maximum Gasteiger partial charge on any atom is 0.156 e. The predicted molar refractivity (Wildman–Crippen MR) is 76.4 cm³/mol. The minimum Gasteiger partial charge on any atom is -0.329 e. The van der Waals surface area contributed by atoms with Gasteiger partial charge in [-0.25, -0.2) is 8.42 Å². The summed E-state index contributed by atoms with van der Waals surface area (Å²) in [4.78, 5) is 2.17. The number of nitrogens with two attached hydrogens (primary N) is 1. The molecule has 0 unspecified atom stereocenters. The van der Waals surface area contributed by atoms with Crippen molar-refractivity contribution in [3.8, 4) is 0 Å². The summed E-state index contributed by atoms with van der Waals surface area (Å²) in [6.45, 7) is 6.49. The van der Waals surface area contributed by atoms with E-state index in [4.69, 9.17) is 5.73 Å². The average molecular weight is 276 g/mol. The molecule has 0 bridgehead atoms. The monoisotopic (exact) mass is 276 g/mol. The Morgan fingerprint density at radius 1 is 1.22 bits per heavy atom. The minimum absolute atomic E-state index is 0.0351. The molecule has 0 radical (unpaired) electrons. The molecule has 0 saturated heterocycles. The number of hydrogen-bond donors (Lipinski definition) is 1. The van der Waals surface area contributed by atoms with Crippen molar-refractivity contribution in [3.63, 3.8) is 0 Å². The first-order chi connectivity index (χ1) is 8.15. The number of likely N-dealkylation sites (N-methyl/N-ethyl adjacent to an activating group) is 1. The molecule has 5 heteroatoms. The number of nitrogens with zero attached hydrogens (tertiary/aromatic N) is 1. The number of sulfone groups is 1. The van der Waals surface area contributed by atoms with Crippen LogP contribution in [-0.2, 0) is 9.84 Å². The molecule has 0 aromatic heterocycles. The summed E-state index contributed by atoms with van der Waals surface area (Å²) < 4.78 is 23.5. The third-order valence-corrected chi connectivity index (χ3v) is 6.94. The molecule has 0 heterocycles. The second kappa shape index (κ2) is 5.47. The summed E-state index contributed by atoms with van der Waals surface area (Å²) >= 11 is 0. The summed E-state index contributed by atoms with van der Waals surface area (Å²) in [6, 6.07) is 0. The summed E-state index contributed by atoms with van der Waals surface area (Å²) in [7, 11) is -1.03. The first-order valence-corrected chi connectivity index (χ1v) is 8.43. The van der Waals surface area contributed by atoms with Crippen molar-refractivity contribution in [2.75, 3.05) is 25.9 Å². The highest BCUT2D eigenvalue weighted by molar-refractivity contribution is 7.92. The van der Waals surface area contributed by atoms with Crippen LogP contribution in [0.15, 0.2) is 0 Å². The molecule has 1 aliphatic carbocycles. The van der Waals surface area contributed by atoms with E-state index in [-0.39, 0.29) is 11.3 Å². The molecular weight excluding hydrogens is 248 g/mol. The molecule has 4 nitrogen and oxygen atoms in total. The second-order valence-corrected chi connectivity index (χ2v) is 9.35. The van der Waals surface area contributed by atoms with Gasteiger partial charge in [-0.1, -0.05) is 12.8 Å². The Kier molecular flexibility index (Phi) is 4.84. The van der Waals surface area contributed by atoms with Crippen LogP contribution in [0, 0.1) is 0 Å². The van der Waals surface area contributed by atoms with Crippen molar-refractivity contribution >= 4 is 9.84 Å². The first kappa shape index (κ1) is 15.9. The molecule has 0 amide bonds. The fraction of sp³-hybridized carbons (Fsp3) is 1.00.